The molecule has 1 aliphatic rings. The summed E-state index contributed by atoms with van der Waals surface area (Å²) < 4.78 is 17.0. The van der Waals surface area contributed by atoms with Crippen LogP contribution in [-0.4, -0.2) is 50.5 Å². The fourth-order valence-electron chi connectivity index (χ4n) is 2.89. The molecule has 0 spiro atoms. The summed E-state index contributed by atoms with van der Waals surface area (Å²) in [6.45, 7) is 11.6. The van der Waals surface area contributed by atoms with E-state index in [-0.39, 0.29) is 0 Å². The Bertz CT molecular complexity index is 479. The molecular weight excluding hydrogens is 278 g/mol. The predicted molar refractivity (Wildman–Crippen MR) is 88.8 cm³/mol. The van der Waals surface area contributed by atoms with Gasteiger partial charge in [-0.25, -0.2) is 0 Å². The molecule has 0 aliphatic carbocycles. The van der Waals surface area contributed by atoms with Gasteiger partial charge in [0.2, 0.25) is 0 Å². The van der Waals surface area contributed by atoms with E-state index in [1.165, 1.54) is 0 Å². The largest absolute Gasteiger partial charge is 0.497 e. The van der Waals surface area contributed by atoms with Crippen molar-refractivity contribution in [1.82, 2.24) is 4.90 Å². The van der Waals surface area contributed by atoms with Crippen molar-refractivity contribution in [2.24, 2.45) is 0 Å². The second-order valence-electron chi connectivity index (χ2n) is 5.83. The van der Waals surface area contributed by atoms with Gasteiger partial charge in [-0.3, -0.25) is 4.90 Å². The summed E-state index contributed by atoms with van der Waals surface area (Å²) >= 11 is 0. The van der Waals surface area contributed by atoms with Crippen LogP contribution in [0.15, 0.2) is 30.9 Å². The summed E-state index contributed by atoms with van der Waals surface area (Å²) in [5.41, 5.74) is 1.11. The van der Waals surface area contributed by atoms with Crippen molar-refractivity contribution in [1.29, 1.82) is 0 Å². The van der Waals surface area contributed by atoms with Crippen LogP contribution >= 0.6 is 0 Å². The molecule has 122 valence electrons. The van der Waals surface area contributed by atoms with Gasteiger partial charge in [0.05, 0.1) is 19.3 Å². The Labute approximate surface area is 133 Å². The number of hydrogen-bond donors (Lipinski definition) is 0. The minimum atomic E-state index is 0.293. The third-order valence-corrected chi connectivity index (χ3v) is 3.79. The molecule has 1 fully saturated rings. The van der Waals surface area contributed by atoms with E-state index in [0.717, 1.165) is 43.1 Å². The zero-order valence-electron chi connectivity index (χ0n) is 13.9. The minimum absolute atomic E-state index is 0.293. The molecule has 0 unspecified atom stereocenters. The first kappa shape index (κ1) is 16.8. The van der Waals surface area contributed by atoms with E-state index in [2.05, 4.69) is 25.3 Å². The number of morpholine rings is 1. The van der Waals surface area contributed by atoms with Crippen LogP contribution in [-0.2, 0) is 11.2 Å². The average molecular weight is 305 g/mol. The van der Waals surface area contributed by atoms with Gasteiger partial charge in [-0.2, -0.15) is 0 Å². The Balaban J connectivity index is 1.89. The molecule has 0 amide bonds. The average Bonchev–Trinajstić information content (AvgIpc) is 2.48. The Kier molecular flexibility index (Phi) is 6.28. The molecule has 0 aromatic heterocycles. The van der Waals surface area contributed by atoms with Gasteiger partial charge < -0.3 is 14.2 Å². The molecule has 0 radical (unpaired) electrons. The normalized spacial score (nSPS) is 22.3. The summed E-state index contributed by atoms with van der Waals surface area (Å²) in [4.78, 5) is 2.40. The van der Waals surface area contributed by atoms with Gasteiger partial charge >= 0.3 is 0 Å². The molecule has 1 aliphatic heterocycles. The molecule has 0 N–H and O–H groups in total. The van der Waals surface area contributed by atoms with Crippen molar-refractivity contribution in [2.45, 2.75) is 32.5 Å². The summed E-state index contributed by atoms with van der Waals surface area (Å²) in [5, 5.41) is 0. The van der Waals surface area contributed by atoms with Crippen LogP contribution in [0.2, 0.25) is 0 Å². The van der Waals surface area contributed by atoms with Gasteiger partial charge in [-0.1, -0.05) is 6.08 Å². The topological polar surface area (TPSA) is 30.9 Å². The van der Waals surface area contributed by atoms with Crippen LogP contribution < -0.4 is 9.47 Å². The summed E-state index contributed by atoms with van der Waals surface area (Å²) in [5.74, 6) is 1.76. The first-order valence-corrected chi connectivity index (χ1v) is 7.90. The lowest BCUT2D eigenvalue weighted by Crippen LogP contribution is -2.46. The first-order valence-electron chi connectivity index (χ1n) is 7.90. The predicted octanol–water partition coefficient (Wildman–Crippen LogP) is 2.91. The molecule has 1 aromatic rings. The molecular formula is C18H27NO3. The van der Waals surface area contributed by atoms with Crippen molar-refractivity contribution in [3.63, 3.8) is 0 Å². The molecule has 1 saturated heterocycles. The highest BCUT2D eigenvalue weighted by molar-refractivity contribution is 5.41. The second-order valence-corrected chi connectivity index (χ2v) is 5.83. The lowest BCUT2D eigenvalue weighted by Gasteiger charge is -2.35. The Morgan fingerprint density at radius 2 is 2.05 bits per heavy atom. The highest BCUT2D eigenvalue weighted by atomic mass is 16.5. The standard InChI is InChI=1S/C18H27NO3/c1-5-6-16-11-17(20-4)7-8-18(16)21-10-9-19-12-14(2)22-15(3)13-19/h5,7-8,11,14-15H,1,6,9-10,12-13H2,2-4H3/t14-,15-/m1/s1. The van der Waals surface area contributed by atoms with E-state index in [9.17, 15) is 0 Å². The van der Waals surface area contributed by atoms with Gasteiger partial charge in [-0.05, 0) is 38.5 Å². The van der Waals surface area contributed by atoms with E-state index in [0.29, 0.717) is 18.8 Å². The van der Waals surface area contributed by atoms with Crippen molar-refractivity contribution >= 4 is 0 Å². The molecule has 4 heteroatoms. The smallest absolute Gasteiger partial charge is 0.123 e. The van der Waals surface area contributed by atoms with Crippen LogP contribution in [0.4, 0.5) is 0 Å². The fourth-order valence-corrected chi connectivity index (χ4v) is 2.89. The highest BCUT2D eigenvalue weighted by Gasteiger charge is 2.21. The van der Waals surface area contributed by atoms with Crippen LogP contribution in [0.5, 0.6) is 11.5 Å². The highest BCUT2D eigenvalue weighted by Crippen LogP contribution is 2.25. The Morgan fingerprint density at radius 1 is 1.32 bits per heavy atom. The number of benzene rings is 1. The van der Waals surface area contributed by atoms with Gasteiger partial charge in [0.1, 0.15) is 18.1 Å². The van der Waals surface area contributed by atoms with E-state index >= 15 is 0 Å². The summed E-state index contributed by atoms with van der Waals surface area (Å²) in [7, 11) is 1.67. The van der Waals surface area contributed by atoms with Gasteiger partial charge in [0.15, 0.2) is 0 Å². The maximum Gasteiger partial charge on any atom is 0.123 e. The number of rotatable bonds is 7. The zero-order chi connectivity index (χ0) is 15.9. The van der Waals surface area contributed by atoms with Gasteiger partial charge in [-0.15, -0.1) is 6.58 Å². The van der Waals surface area contributed by atoms with Crippen LogP contribution in [0.1, 0.15) is 19.4 Å². The Hall–Kier alpha value is -1.52. The summed E-state index contributed by atoms with van der Waals surface area (Å²) in [6.07, 6.45) is 3.24. The summed E-state index contributed by atoms with van der Waals surface area (Å²) in [6, 6.07) is 5.92. The second kappa shape index (κ2) is 8.20. The molecule has 1 aromatic carbocycles. The third-order valence-electron chi connectivity index (χ3n) is 3.79. The quantitative estimate of drug-likeness (QED) is 0.725. The Morgan fingerprint density at radius 3 is 2.68 bits per heavy atom. The fraction of sp³-hybridized carbons (Fsp3) is 0.556. The lowest BCUT2D eigenvalue weighted by molar-refractivity contribution is -0.0699. The molecule has 0 bridgehead atoms. The van der Waals surface area contributed by atoms with Gasteiger partial charge in [0.25, 0.3) is 0 Å². The number of allylic oxidation sites excluding steroid dienone is 1. The van der Waals surface area contributed by atoms with Crippen molar-refractivity contribution in [3.05, 3.63) is 36.4 Å². The number of hydrogen-bond acceptors (Lipinski definition) is 4. The molecule has 0 saturated carbocycles. The lowest BCUT2D eigenvalue weighted by atomic mass is 10.1. The SMILES string of the molecule is C=CCc1cc(OC)ccc1OCCN1C[C@@H](C)O[C@H](C)C1. The molecule has 4 nitrogen and oxygen atoms in total. The van der Waals surface area contributed by atoms with E-state index in [1.54, 1.807) is 7.11 Å². The molecule has 2 atom stereocenters. The van der Waals surface area contributed by atoms with Crippen molar-refractivity contribution in [3.8, 4) is 11.5 Å². The third kappa shape index (κ3) is 4.75. The molecule has 22 heavy (non-hydrogen) atoms. The minimum Gasteiger partial charge on any atom is -0.497 e. The number of ether oxygens (including phenoxy) is 3. The van der Waals surface area contributed by atoms with Crippen molar-refractivity contribution < 1.29 is 14.2 Å². The van der Waals surface area contributed by atoms with E-state index < -0.39 is 0 Å². The maximum absolute atomic E-state index is 5.98. The number of methoxy groups -OCH3 is 1. The maximum atomic E-state index is 5.98. The number of nitrogens with zero attached hydrogens (tertiary/aromatic N) is 1. The van der Waals surface area contributed by atoms with Crippen molar-refractivity contribution in [2.75, 3.05) is 33.4 Å². The molecule has 2 rings (SSSR count). The van der Waals surface area contributed by atoms with Crippen LogP contribution in [0, 0.1) is 0 Å². The monoisotopic (exact) mass is 305 g/mol. The van der Waals surface area contributed by atoms with Gasteiger partial charge in [0, 0.05) is 25.2 Å². The van der Waals surface area contributed by atoms with Crippen LogP contribution in [0.3, 0.4) is 0 Å². The zero-order valence-corrected chi connectivity index (χ0v) is 13.9. The first-order chi connectivity index (χ1) is 10.6. The van der Waals surface area contributed by atoms with E-state index in [4.69, 9.17) is 14.2 Å². The van der Waals surface area contributed by atoms with E-state index in [1.807, 2.05) is 24.3 Å². The van der Waals surface area contributed by atoms with Crippen LogP contribution in [0.25, 0.3) is 0 Å². The molecule has 1 heterocycles.